The minimum absolute atomic E-state index is 0.0232. The summed E-state index contributed by atoms with van der Waals surface area (Å²) in [6.07, 6.45) is 2.12. The highest BCUT2D eigenvalue weighted by molar-refractivity contribution is 7.92. The fourth-order valence-electron chi connectivity index (χ4n) is 3.06. The molecule has 1 atom stereocenters. The highest BCUT2D eigenvalue weighted by Gasteiger charge is 2.28. The summed E-state index contributed by atoms with van der Waals surface area (Å²) < 4.78 is 29.5. The predicted molar refractivity (Wildman–Crippen MR) is 123 cm³/mol. The Kier molecular flexibility index (Phi) is 7.55. The number of hydrogen-bond donors (Lipinski definition) is 2. The van der Waals surface area contributed by atoms with Crippen LogP contribution in [0.25, 0.3) is 0 Å². The van der Waals surface area contributed by atoms with E-state index in [2.05, 4.69) is 10.4 Å². The molecular weight excluding hydrogens is 452 g/mol. The molecule has 0 radical (unpaired) electrons. The maximum atomic E-state index is 13.5. The number of halogens is 1. The van der Waals surface area contributed by atoms with Crippen LogP contribution in [0.2, 0.25) is 5.02 Å². The van der Waals surface area contributed by atoms with Crippen LogP contribution < -0.4 is 9.62 Å². The van der Waals surface area contributed by atoms with Gasteiger partial charge in [0.25, 0.3) is 15.9 Å². The number of aryl methyl sites for hydroxylation is 1. The molecule has 32 heavy (non-hydrogen) atoms. The number of nitrogens with zero attached hydrogens (tertiary/aromatic N) is 3. The van der Waals surface area contributed by atoms with E-state index in [-0.39, 0.29) is 29.8 Å². The molecule has 2 aromatic carbocycles. The van der Waals surface area contributed by atoms with Crippen LogP contribution in [0.5, 0.6) is 0 Å². The van der Waals surface area contributed by atoms with Gasteiger partial charge in [-0.2, -0.15) is 13.5 Å². The van der Waals surface area contributed by atoms with Gasteiger partial charge in [0, 0.05) is 23.8 Å². The Morgan fingerprint density at radius 1 is 1.22 bits per heavy atom. The van der Waals surface area contributed by atoms with Crippen LogP contribution >= 0.6 is 11.6 Å². The van der Waals surface area contributed by atoms with Gasteiger partial charge < -0.3 is 10.4 Å². The minimum atomic E-state index is -4.02. The summed E-state index contributed by atoms with van der Waals surface area (Å²) in [5.41, 5.74) is 1.32. The fourth-order valence-corrected chi connectivity index (χ4v) is 4.59. The molecule has 1 aromatic heterocycles. The summed E-state index contributed by atoms with van der Waals surface area (Å²) in [5.74, 6) is -0.394. The second kappa shape index (κ2) is 10.2. The number of hydrogen-bond acceptors (Lipinski definition) is 5. The first-order valence-corrected chi connectivity index (χ1v) is 11.8. The topological polar surface area (TPSA) is 105 Å². The number of anilines is 1. The fraction of sp³-hybridized carbons (Fsp3) is 0.273. The lowest BCUT2D eigenvalue weighted by atomic mass is 10.1. The number of carbonyl (C=O) groups excluding carboxylic acids is 1. The second-order valence-corrected chi connectivity index (χ2v) is 9.52. The first kappa shape index (κ1) is 23.8. The van der Waals surface area contributed by atoms with Gasteiger partial charge in [0.05, 0.1) is 24.9 Å². The molecule has 0 aliphatic carbocycles. The van der Waals surface area contributed by atoms with E-state index in [0.717, 1.165) is 5.56 Å². The third-order valence-corrected chi connectivity index (χ3v) is 6.85. The number of carbonyl (C=O) groups is 1. The van der Waals surface area contributed by atoms with Crippen molar-refractivity contribution in [3.05, 3.63) is 76.9 Å². The van der Waals surface area contributed by atoms with E-state index in [1.807, 2.05) is 6.92 Å². The molecule has 3 rings (SSSR count). The van der Waals surface area contributed by atoms with Crippen molar-refractivity contribution in [3.63, 3.8) is 0 Å². The summed E-state index contributed by atoms with van der Waals surface area (Å²) in [5, 5.41) is 16.6. The summed E-state index contributed by atoms with van der Waals surface area (Å²) in [7, 11) is -2.38. The third-order valence-electron chi connectivity index (χ3n) is 4.93. The second-order valence-electron chi connectivity index (χ2n) is 7.28. The molecule has 3 aromatic rings. The Balaban J connectivity index is 2.01. The van der Waals surface area contributed by atoms with Crippen LogP contribution in [-0.4, -0.2) is 41.9 Å². The number of aliphatic hydroxyl groups is 1. The van der Waals surface area contributed by atoms with Crippen LogP contribution in [0, 0.1) is 0 Å². The number of nitrogens with one attached hydrogen (secondary N) is 1. The van der Waals surface area contributed by atoms with Crippen LogP contribution in [0.4, 0.5) is 5.69 Å². The number of sulfonamides is 1. The van der Waals surface area contributed by atoms with Crippen LogP contribution in [-0.2, 0) is 23.6 Å². The number of benzene rings is 2. The maximum Gasteiger partial charge on any atom is 0.283 e. The van der Waals surface area contributed by atoms with E-state index in [9.17, 15) is 18.3 Å². The van der Waals surface area contributed by atoms with Gasteiger partial charge in [-0.15, -0.1) is 0 Å². The monoisotopic (exact) mass is 476 g/mol. The minimum Gasteiger partial charge on any atom is -0.394 e. The van der Waals surface area contributed by atoms with Gasteiger partial charge in [-0.3, -0.25) is 13.8 Å². The van der Waals surface area contributed by atoms with Crippen LogP contribution in [0.1, 0.15) is 29.3 Å². The molecule has 0 bridgehead atoms. The van der Waals surface area contributed by atoms with E-state index in [0.29, 0.717) is 17.1 Å². The smallest absolute Gasteiger partial charge is 0.283 e. The zero-order chi connectivity index (χ0) is 23.3. The van der Waals surface area contributed by atoms with E-state index < -0.39 is 15.9 Å². The average Bonchev–Trinajstić information content (AvgIpc) is 3.24. The maximum absolute atomic E-state index is 13.5. The number of aliphatic hydroxyl groups excluding tert-OH is 1. The zero-order valence-electron chi connectivity index (χ0n) is 17.8. The Hall–Kier alpha value is -2.88. The van der Waals surface area contributed by atoms with Crippen LogP contribution in [0.3, 0.4) is 0 Å². The van der Waals surface area contributed by atoms with Crippen molar-refractivity contribution < 1.29 is 18.3 Å². The van der Waals surface area contributed by atoms with Gasteiger partial charge in [0.2, 0.25) is 0 Å². The molecule has 0 spiro atoms. The average molecular weight is 477 g/mol. The van der Waals surface area contributed by atoms with E-state index in [4.69, 9.17) is 11.6 Å². The lowest BCUT2D eigenvalue weighted by molar-refractivity contribution is 0.0915. The number of aromatic nitrogens is 2. The molecule has 0 fully saturated rings. The molecule has 0 aliphatic rings. The van der Waals surface area contributed by atoms with Gasteiger partial charge in [0.15, 0.2) is 5.03 Å². The van der Waals surface area contributed by atoms with Crippen LogP contribution in [0.15, 0.2) is 65.8 Å². The molecule has 170 valence electrons. The molecular formula is C22H25ClN4O4S. The van der Waals surface area contributed by atoms with Crippen molar-refractivity contribution in [2.75, 3.05) is 10.9 Å². The number of rotatable bonds is 9. The lowest BCUT2D eigenvalue weighted by Gasteiger charge is -2.24. The SMILES string of the molecule is CCC(CO)NC(=O)c1cccc(N(Cc2ccc(Cl)cc2)S(=O)(=O)c2ccn(C)n2)c1. The summed E-state index contributed by atoms with van der Waals surface area (Å²) in [4.78, 5) is 12.6. The zero-order valence-corrected chi connectivity index (χ0v) is 19.3. The van der Waals surface area contributed by atoms with E-state index >= 15 is 0 Å². The molecule has 10 heteroatoms. The Morgan fingerprint density at radius 2 is 1.94 bits per heavy atom. The van der Waals surface area contributed by atoms with Gasteiger partial charge in [-0.05, 0) is 48.4 Å². The quantitative estimate of drug-likeness (QED) is 0.494. The highest BCUT2D eigenvalue weighted by atomic mass is 35.5. The first-order chi connectivity index (χ1) is 15.2. The van der Waals surface area contributed by atoms with Gasteiger partial charge in [-0.25, -0.2) is 0 Å². The standard InChI is InChI=1S/C22H25ClN4O4S/c1-3-19(15-28)24-22(29)17-5-4-6-20(13-17)27(14-16-7-9-18(23)10-8-16)32(30,31)21-11-12-26(2)25-21/h4-13,19,28H,3,14-15H2,1-2H3,(H,24,29). The molecule has 1 amide bonds. The normalized spacial score (nSPS) is 12.4. The van der Waals surface area contributed by atoms with Gasteiger partial charge in [-0.1, -0.05) is 36.7 Å². The highest BCUT2D eigenvalue weighted by Crippen LogP contribution is 2.26. The predicted octanol–water partition coefficient (Wildman–Crippen LogP) is 2.97. The van der Waals surface area contributed by atoms with Gasteiger partial charge >= 0.3 is 0 Å². The lowest BCUT2D eigenvalue weighted by Crippen LogP contribution is -2.37. The molecule has 2 N–H and O–H groups in total. The Bertz CT molecular complexity index is 1170. The molecule has 8 nitrogen and oxygen atoms in total. The van der Waals surface area contributed by atoms with E-state index in [1.54, 1.807) is 55.7 Å². The van der Waals surface area contributed by atoms with Crippen molar-refractivity contribution in [2.45, 2.75) is 31.0 Å². The number of amides is 1. The van der Waals surface area contributed by atoms with Crippen molar-refractivity contribution in [3.8, 4) is 0 Å². The summed E-state index contributed by atoms with van der Waals surface area (Å²) >= 11 is 5.97. The molecule has 0 aliphatic heterocycles. The van der Waals surface area contributed by atoms with Crippen molar-refractivity contribution >= 4 is 33.2 Å². The van der Waals surface area contributed by atoms with Crippen molar-refractivity contribution in [1.82, 2.24) is 15.1 Å². The summed E-state index contributed by atoms with van der Waals surface area (Å²) in [6.45, 7) is 1.69. The molecule has 0 saturated carbocycles. The molecule has 1 unspecified atom stereocenters. The first-order valence-electron chi connectivity index (χ1n) is 10.0. The van der Waals surface area contributed by atoms with Gasteiger partial charge in [0.1, 0.15) is 0 Å². The summed E-state index contributed by atoms with van der Waals surface area (Å²) in [6, 6.07) is 14.2. The molecule has 1 heterocycles. The Labute approximate surface area is 192 Å². The van der Waals surface area contributed by atoms with Crippen molar-refractivity contribution in [1.29, 1.82) is 0 Å². The molecule has 0 saturated heterocycles. The largest absolute Gasteiger partial charge is 0.394 e. The Morgan fingerprint density at radius 3 is 2.53 bits per heavy atom. The third kappa shape index (κ3) is 5.48. The van der Waals surface area contributed by atoms with Crippen molar-refractivity contribution in [2.24, 2.45) is 7.05 Å². The van der Waals surface area contributed by atoms with E-state index in [1.165, 1.54) is 21.1 Å².